The van der Waals surface area contributed by atoms with Crippen LogP contribution in [0.25, 0.3) is 0 Å². The molecule has 0 saturated heterocycles. The van der Waals surface area contributed by atoms with E-state index < -0.39 is 6.04 Å². The third kappa shape index (κ3) is 3.82. The zero-order chi connectivity index (χ0) is 13.5. The maximum absolute atomic E-state index is 12.2. The topological polar surface area (TPSA) is 75.4 Å². The Labute approximate surface area is 111 Å². The van der Waals surface area contributed by atoms with E-state index in [4.69, 9.17) is 5.73 Å². The number of nitrogens with zero attached hydrogens (tertiary/aromatic N) is 1. The minimum absolute atomic E-state index is 0.0578. The summed E-state index contributed by atoms with van der Waals surface area (Å²) < 4.78 is 0. The number of carbonyl (C=O) groups is 2. The molecule has 0 aromatic carbocycles. The van der Waals surface area contributed by atoms with Gasteiger partial charge in [-0.05, 0) is 17.9 Å². The maximum Gasteiger partial charge on any atom is 0.245 e. The van der Waals surface area contributed by atoms with E-state index >= 15 is 0 Å². The van der Waals surface area contributed by atoms with Gasteiger partial charge in [0.15, 0.2) is 0 Å². The first-order valence-electron chi connectivity index (χ1n) is 5.88. The fourth-order valence-electron chi connectivity index (χ4n) is 1.58. The van der Waals surface area contributed by atoms with Gasteiger partial charge in [0.25, 0.3) is 0 Å². The van der Waals surface area contributed by atoms with E-state index in [1.165, 1.54) is 16.2 Å². The van der Waals surface area contributed by atoms with Crippen LogP contribution in [0, 0.1) is 0 Å². The molecule has 1 heterocycles. The highest BCUT2D eigenvalue weighted by Gasteiger charge is 2.24. The molecule has 1 atom stereocenters. The molecule has 1 unspecified atom stereocenters. The van der Waals surface area contributed by atoms with E-state index in [1.807, 2.05) is 24.4 Å². The molecular formula is C12H19N3O2S. The normalized spacial score (nSPS) is 11.9. The summed E-state index contributed by atoms with van der Waals surface area (Å²) >= 11 is 1.45. The van der Waals surface area contributed by atoms with Crippen molar-refractivity contribution in [3.63, 3.8) is 0 Å². The van der Waals surface area contributed by atoms with Gasteiger partial charge in [-0.3, -0.25) is 9.59 Å². The Morgan fingerprint density at radius 1 is 1.56 bits per heavy atom. The van der Waals surface area contributed by atoms with Crippen LogP contribution in [0.1, 0.15) is 24.3 Å². The number of carbonyl (C=O) groups excluding carboxylic acids is 2. The molecule has 0 aliphatic carbocycles. The summed E-state index contributed by atoms with van der Waals surface area (Å²) in [5.74, 6) is -0.391. The molecule has 100 valence electrons. The SMILES string of the molecule is CCCN(CC(=O)NC)C(=O)C(N)c1cccs1. The summed E-state index contributed by atoms with van der Waals surface area (Å²) in [4.78, 5) is 25.9. The van der Waals surface area contributed by atoms with Crippen molar-refractivity contribution in [2.75, 3.05) is 20.1 Å². The average molecular weight is 269 g/mol. The fourth-order valence-corrected chi connectivity index (χ4v) is 2.29. The Morgan fingerprint density at radius 3 is 2.78 bits per heavy atom. The number of nitrogens with two attached hydrogens (primary N) is 1. The summed E-state index contributed by atoms with van der Waals surface area (Å²) in [6, 6.07) is 3.01. The van der Waals surface area contributed by atoms with Gasteiger partial charge in [0.05, 0.1) is 6.54 Å². The van der Waals surface area contributed by atoms with Crippen LogP contribution in [0.2, 0.25) is 0 Å². The van der Waals surface area contributed by atoms with Crippen LogP contribution in [0.3, 0.4) is 0 Å². The largest absolute Gasteiger partial charge is 0.358 e. The molecule has 2 amide bonds. The summed E-state index contributed by atoms with van der Waals surface area (Å²) in [5.41, 5.74) is 5.92. The van der Waals surface area contributed by atoms with E-state index in [1.54, 1.807) is 7.05 Å². The molecule has 1 rings (SSSR count). The Hall–Kier alpha value is -1.40. The van der Waals surface area contributed by atoms with Gasteiger partial charge in [-0.15, -0.1) is 11.3 Å². The number of nitrogens with one attached hydrogen (secondary N) is 1. The standard InChI is InChI=1S/C12H19N3O2S/c1-3-6-15(8-10(16)14-2)12(17)11(13)9-5-4-7-18-9/h4-5,7,11H,3,6,8,13H2,1-2H3,(H,14,16). The predicted molar refractivity (Wildman–Crippen MR) is 72.2 cm³/mol. The second-order valence-electron chi connectivity index (χ2n) is 3.93. The van der Waals surface area contributed by atoms with E-state index in [-0.39, 0.29) is 18.4 Å². The third-order valence-electron chi connectivity index (χ3n) is 2.53. The van der Waals surface area contributed by atoms with Crippen LogP contribution in [0.5, 0.6) is 0 Å². The number of thiophene rings is 1. The molecule has 0 fully saturated rings. The molecule has 0 spiro atoms. The van der Waals surface area contributed by atoms with Crippen molar-refractivity contribution < 1.29 is 9.59 Å². The lowest BCUT2D eigenvalue weighted by Crippen LogP contribution is -2.44. The van der Waals surface area contributed by atoms with Crippen LogP contribution < -0.4 is 11.1 Å². The third-order valence-corrected chi connectivity index (χ3v) is 3.49. The molecule has 1 aromatic rings. The number of hydrogen-bond donors (Lipinski definition) is 2. The molecule has 3 N–H and O–H groups in total. The Balaban J connectivity index is 2.72. The van der Waals surface area contributed by atoms with Crippen molar-refractivity contribution >= 4 is 23.2 Å². The molecule has 6 heteroatoms. The van der Waals surface area contributed by atoms with Crippen LogP contribution >= 0.6 is 11.3 Å². The lowest BCUT2D eigenvalue weighted by atomic mass is 10.2. The molecule has 0 aliphatic rings. The molecular weight excluding hydrogens is 250 g/mol. The van der Waals surface area contributed by atoms with Crippen LogP contribution in [0.4, 0.5) is 0 Å². The van der Waals surface area contributed by atoms with E-state index in [0.29, 0.717) is 6.54 Å². The zero-order valence-electron chi connectivity index (χ0n) is 10.7. The highest BCUT2D eigenvalue weighted by atomic mass is 32.1. The van der Waals surface area contributed by atoms with Gasteiger partial charge in [-0.1, -0.05) is 13.0 Å². The summed E-state index contributed by atoms with van der Waals surface area (Å²) in [6.45, 7) is 2.55. The molecule has 0 aliphatic heterocycles. The van der Waals surface area contributed by atoms with Gasteiger partial charge in [0.1, 0.15) is 6.04 Å². The summed E-state index contributed by atoms with van der Waals surface area (Å²) in [7, 11) is 1.55. The lowest BCUT2D eigenvalue weighted by Gasteiger charge is -2.24. The second kappa shape index (κ2) is 7.13. The maximum atomic E-state index is 12.2. The van der Waals surface area contributed by atoms with Crippen molar-refractivity contribution in [1.29, 1.82) is 0 Å². The van der Waals surface area contributed by atoms with Crippen molar-refractivity contribution in [2.45, 2.75) is 19.4 Å². The van der Waals surface area contributed by atoms with Crippen LogP contribution in [-0.2, 0) is 9.59 Å². The van der Waals surface area contributed by atoms with Crippen LogP contribution in [0.15, 0.2) is 17.5 Å². The molecule has 18 heavy (non-hydrogen) atoms. The van der Waals surface area contributed by atoms with Gasteiger partial charge in [-0.2, -0.15) is 0 Å². The Bertz CT molecular complexity index is 392. The molecule has 0 bridgehead atoms. The van der Waals surface area contributed by atoms with E-state index in [9.17, 15) is 9.59 Å². The van der Waals surface area contributed by atoms with Gasteiger partial charge in [0.2, 0.25) is 11.8 Å². The molecule has 1 aromatic heterocycles. The smallest absolute Gasteiger partial charge is 0.245 e. The van der Waals surface area contributed by atoms with Crippen molar-refractivity contribution in [1.82, 2.24) is 10.2 Å². The number of likely N-dealkylation sites (N-methyl/N-ethyl adjacent to an activating group) is 1. The van der Waals surface area contributed by atoms with Crippen molar-refractivity contribution in [3.8, 4) is 0 Å². The molecule has 5 nitrogen and oxygen atoms in total. The first-order valence-corrected chi connectivity index (χ1v) is 6.76. The zero-order valence-corrected chi connectivity index (χ0v) is 11.5. The van der Waals surface area contributed by atoms with Gasteiger partial charge in [0, 0.05) is 18.5 Å². The van der Waals surface area contributed by atoms with Crippen molar-refractivity contribution in [3.05, 3.63) is 22.4 Å². The second-order valence-corrected chi connectivity index (χ2v) is 4.91. The van der Waals surface area contributed by atoms with Gasteiger partial charge >= 0.3 is 0 Å². The Kier molecular flexibility index (Phi) is 5.80. The predicted octanol–water partition coefficient (Wildman–Crippen LogP) is 0.733. The lowest BCUT2D eigenvalue weighted by molar-refractivity contribution is -0.137. The summed E-state index contributed by atoms with van der Waals surface area (Å²) in [5, 5.41) is 4.39. The van der Waals surface area contributed by atoms with Crippen molar-refractivity contribution in [2.24, 2.45) is 5.73 Å². The highest BCUT2D eigenvalue weighted by Crippen LogP contribution is 2.18. The van der Waals surface area contributed by atoms with Gasteiger partial charge < -0.3 is 16.0 Å². The first kappa shape index (κ1) is 14.7. The average Bonchev–Trinajstić information content (AvgIpc) is 2.90. The molecule has 0 saturated carbocycles. The molecule has 0 radical (unpaired) electrons. The van der Waals surface area contributed by atoms with Gasteiger partial charge in [-0.25, -0.2) is 0 Å². The minimum Gasteiger partial charge on any atom is -0.358 e. The van der Waals surface area contributed by atoms with Crippen LogP contribution in [-0.4, -0.2) is 36.9 Å². The quantitative estimate of drug-likeness (QED) is 0.799. The summed E-state index contributed by atoms with van der Waals surface area (Å²) in [6.07, 6.45) is 0.792. The number of amides is 2. The highest BCUT2D eigenvalue weighted by molar-refractivity contribution is 7.10. The number of rotatable bonds is 6. The van der Waals surface area contributed by atoms with E-state index in [2.05, 4.69) is 5.32 Å². The minimum atomic E-state index is -0.679. The monoisotopic (exact) mass is 269 g/mol. The first-order chi connectivity index (χ1) is 8.60. The fraction of sp³-hybridized carbons (Fsp3) is 0.500. The van der Waals surface area contributed by atoms with E-state index in [0.717, 1.165) is 11.3 Å². The Morgan fingerprint density at radius 2 is 2.28 bits per heavy atom. The number of hydrogen-bond acceptors (Lipinski definition) is 4.